The Labute approximate surface area is 139 Å². The van der Waals surface area contributed by atoms with Crippen molar-refractivity contribution in [3.63, 3.8) is 0 Å². The molecule has 0 saturated heterocycles. The maximum Gasteiger partial charge on any atom is 0.200 e. The van der Waals surface area contributed by atoms with Crippen LogP contribution < -0.4 is 0 Å². The first-order valence-electron chi connectivity index (χ1n) is 8.79. The molecule has 0 heterocycles. The minimum Gasteiger partial charge on any atom is -0.416 e. The van der Waals surface area contributed by atoms with Crippen LogP contribution >= 0.6 is 0 Å². The smallest absolute Gasteiger partial charge is 0.200 e. The van der Waals surface area contributed by atoms with Crippen molar-refractivity contribution >= 4 is 14.1 Å². The lowest BCUT2D eigenvalue weighted by Crippen LogP contribution is -2.48. The van der Waals surface area contributed by atoms with Crippen LogP contribution in [0.5, 0.6) is 0 Å². The van der Waals surface area contributed by atoms with E-state index in [-0.39, 0.29) is 5.78 Å². The summed E-state index contributed by atoms with van der Waals surface area (Å²) in [6.45, 7) is 19.6. The fraction of sp³-hybridized carbons (Fsp3) is 0.944. The maximum absolute atomic E-state index is 12.0. The number of hydrogen-bond acceptors (Lipinski definition) is 3. The Kier molecular flexibility index (Phi) is 8.53. The van der Waals surface area contributed by atoms with Crippen LogP contribution in [0.1, 0.15) is 75.2 Å². The molecule has 0 unspecified atom stereocenters. The Balaban J connectivity index is 4.88. The molecule has 1 atom stereocenters. The van der Waals surface area contributed by atoms with Gasteiger partial charge in [-0.05, 0) is 23.0 Å². The van der Waals surface area contributed by atoms with Crippen LogP contribution in [0.2, 0.25) is 16.6 Å². The number of carbonyl (C=O) groups is 1. The van der Waals surface area contributed by atoms with E-state index in [1.165, 1.54) is 0 Å². The van der Waals surface area contributed by atoms with Crippen LogP contribution in [0.15, 0.2) is 0 Å². The molecule has 0 radical (unpaired) electrons. The molecular formula is C18H38O3Si. The van der Waals surface area contributed by atoms with E-state index in [1.54, 1.807) is 0 Å². The van der Waals surface area contributed by atoms with E-state index >= 15 is 0 Å². The third kappa shape index (κ3) is 4.65. The first-order valence-corrected chi connectivity index (χ1v) is 10.9. The lowest BCUT2D eigenvalue weighted by molar-refractivity contribution is -0.133. The van der Waals surface area contributed by atoms with Gasteiger partial charge in [-0.3, -0.25) is 4.79 Å². The van der Waals surface area contributed by atoms with Crippen molar-refractivity contribution in [2.24, 2.45) is 5.41 Å². The number of hydrogen-bond donors (Lipinski definition) is 1. The molecule has 0 rings (SSSR count). The van der Waals surface area contributed by atoms with Gasteiger partial charge in [0.15, 0.2) is 8.32 Å². The largest absolute Gasteiger partial charge is 0.416 e. The highest BCUT2D eigenvalue weighted by molar-refractivity contribution is 6.77. The standard InChI is InChI=1S/C18H38O3Si/c1-10-16(19)18(8,9)17(20)11-12-21-22(13(2)3,14(4)5)15(6)7/h13-15,17,20H,10-12H2,1-9H3/t17-/m0/s1. The van der Waals surface area contributed by atoms with Crippen molar-refractivity contribution in [3.8, 4) is 0 Å². The number of ketones is 1. The first-order chi connectivity index (χ1) is 9.94. The second kappa shape index (κ2) is 8.60. The summed E-state index contributed by atoms with van der Waals surface area (Å²) in [5.41, 5.74) is 0.926. The van der Waals surface area contributed by atoms with Gasteiger partial charge in [-0.2, -0.15) is 0 Å². The van der Waals surface area contributed by atoms with Crippen LogP contribution in [0.4, 0.5) is 0 Å². The molecule has 3 nitrogen and oxygen atoms in total. The summed E-state index contributed by atoms with van der Waals surface area (Å²) in [6, 6.07) is 0. The molecule has 4 heteroatoms. The number of Topliss-reactive ketones (excluding diaryl/α,β-unsaturated/α-hetero) is 1. The molecule has 0 aliphatic heterocycles. The van der Waals surface area contributed by atoms with E-state index in [0.29, 0.717) is 36.1 Å². The number of carbonyl (C=O) groups excluding carboxylic acids is 1. The van der Waals surface area contributed by atoms with E-state index in [1.807, 2.05) is 20.8 Å². The monoisotopic (exact) mass is 330 g/mol. The van der Waals surface area contributed by atoms with Crippen LogP contribution in [0, 0.1) is 5.41 Å². The van der Waals surface area contributed by atoms with E-state index in [4.69, 9.17) is 4.43 Å². The molecule has 132 valence electrons. The van der Waals surface area contributed by atoms with Gasteiger partial charge in [0.25, 0.3) is 0 Å². The summed E-state index contributed by atoms with van der Waals surface area (Å²) < 4.78 is 6.46. The molecule has 0 aliphatic rings. The number of aliphatic hydroxyl groups excluding tert-OH is 1. The average molecular weight is 331 g/mol. The minimum absolute atomic E-state index is 0.111. The van der Waals surface area contributed by atoms with Crippen molar-refractivity contribution in [3.05, 3.63) is 0 Å². The molecule has 0 aromatic rings. The second-order valence-corrected chi connectivity index (χ2v) is 13.4. The van der Waals surface area contributed by atoms with Gasteiger partial charge in [0.05, 0.1) is 6.10 Å². The summed E-state index contributed by atoms with van der Waals surface area (Å²) in [5, 5.41) is 10.4. The third-order valence-electron chi connectivity index (χ3n) is 5.32. The highest BCUT2D eigenvalue weighted by Crippen LogP contribution is 2.42. The normalized spacial score (nSPS) is 15.0. The SMILES string of the molecule is CCC(=O)C(C)(C)[C@@H](O)CCO[Si](C(C)C)(C(C)C)C(C)C. The molecule has 0 aromatic heterocycles. The van der Waals surface area contributed by atoms with Crippen molar-refractivity contribution < 1.29 is 14.3 Å². The first kappa shape index (κ1) is 21.8. The highest BCUT2D eigenvalue weighted by atomic mass is 28.4. The molecule has 0 fully saturated rings. The van der Waals surface area contributed by atoms with Gasteiger partial charge >= 0.3 is 0 Å². The Hall–Kier alpha value is -0.193. The summed E-state index contributed by atoms with van der Waals surface area (Å²) in [4.78, 5) is 12.0. The van der Waals surface area contributed by atoms with Gasteiger partial charge in [0, 0.05) is 18.4 Å². The van der Waals surface area contributed by atoms with Gasteiger partial charge in [0.1, 0.15) is 5.78 Å². The third-order valence-corrected chi connectivity index (χ3v) is 11.4. The number of rotatable bonds is 10. The fourth-order valence-electron chi connectivity index (χ4n) is 3.85. The summed E-state index contributed by atoms with van der Waals surface area (Å²) in [7, 11) is -1.89. The van der Waals surface area contributed by atoms with Gasteiger partial charge in [-0.25, -0.2) is 0 Å². The van der Waals surface area contributed by atoms with Crippen molar-refractivity contribution in [1.82, 2.24) is 0 Å². The Bertz CT molecular complexity index is 326. The van der Waals surface area contributed by atoms with Crippen LogP contribution in [0.25, 0.3) is 0 Å². The lowest BCUT2D eigenvalue weighted by atomic mass is 9.80. The van der Waals surface area contributed by atoms with E-state index in [9.17, 15) is 9.90 Å². The van der Waals surface area contributed by atoms with E-state index in [0.717, 1.165) is 0 Å². The quantitative estimate of drug-likeness (QED) is 0.577. The summed E-state index contributed by atoms with van der Waals surface area (Å²) in [6.07, 6.45) is 0.353. The molecule has 22 heavy (non-hydrogen) atoms. The van der Waals surface area contributed by atoms with Crippen LogP contribution in [0.3, 0.4) is 0 Å². The van der Waals surface area contributed by atoms with Crippen LogP contribution in [-0.2, 0) is 9.22 Å². The highest BCUT2D eigenvalue weighted by Gasteiger charge is 2.45. The summed E-state index contributed by atoms with van der Waals surface area (Å²) >= 11 is 0. The summed E-state index contributed by atoms with van der Waals surface area (Å²) in [5.74, 6) is 0.111. The number of aliphatic hydroxyl groups is 1. The molecular weight excluding hydrogens is 292 g/mol. The Morgan fingerprint density at radius 3 is 1.77 bits per heavy atom. The predicted octanol–water partition coefficient (Wildman–Crippen LogP) is 4.93. The zero-order valence-corrected chi connectivity index (χ0v) is 17.2. The van der Waals surface area contributed by atoms with Gasteiger partial charge < -0.3 is 9.53 Å². The maximum atomic E-state index is 12.0. The fourth-order valence-corrected chi connectivity index (χ4v) is 9.32. The van der Waals surface area contributed by atoms with Crippen molar-refractivity contribution in [1.29, 1.82) is 0 Å². The van der Waals surface area contributed by atoms with Crippen molar-refractivity contribution in [2.75, 3.05) is 6.61 Å². The van der Waals surface area contributed by atoms with Gasteiger partial charge in [-0.1, -0.05) is 62.3 Å². The molecule has 0 bridgehead atoms. The van der Waals surface area contributed by atoms with Crippen LogP contribution in [-0.4, -0.2) is 31.9 Å². The van der Waals surface area contributed by atoms with E-state index in [2.05, 4.69) is 41.5 Å². The zero-order chi connectivity index (χ0) is 17.7. The second-order valence-electron chi connectivity index (χ2n) is 7.97. The molecule has 0 aliphatic carbocycles. The Morgan fingerprint density at radius 1 is 1.05 bits per heavy atom. The molecule has 0 aromatic carbocycles. The Morgan fingerprint density at radius 2 is 1.45 bits per heavy atom. The predicted molar refractivity (Wildman–Crippen MR) is 96.7 cm³/mol. The lowest BCUT2D eigenvalue weighted by Gasteiger charge is -2.42. The molecule has 0 spiro atoms. The van der Waals surface area contributed by atoms with E-state index < -0.39 is 19.8 Å². The molecule has 1 N–H and O–H groups in total. The zero-order valence-electron chi connectivity index (χ0n) is 16.2. The van der Waals surface area contributed by atoms with Crippen molar-refractivity contribution in [2.45, 2.75) is 97.9 Å². The molecule has 0 amide bonds. The topological polar surface area (TPSA) is 46.5 Å². The van der Waals surface area contributed by atoms with Gasteiger partial charge in [0.2, 0.25) is 0 Å². The minimum atomic E-state index is -1.89. The average Bonchev–Trinajstić information content (AvgIpc) is 2.40. The van der Waals surface area contributed by atoms with Gasteiger partial charge in [-0.15, -0.1) is 0 Å². The molecule has 0 saturated carbocycles.